The zero-order valence-electron chi connectivity index (χ0n) is 11.5. The third-order valence-corrected chi connectivity index (χ3v) is 4.12. The van der Waals surface area contributed by atoms with Crippen LogP contribution in [0.2, 0.25) is 0 Å². The SMILES string of the molecule is O=C(NC1CCCCCC1Cl)c1ccccc1OC(F)F. The number of carbonyl (C=O) groups is 1. The fraction of sp³-hybridized carbons (Fsp3) is 0.533. The Labute approximate surface area is 127 Å². The zero-order chi connectivity index (χ0) is 15.2. The van der Waals surface area contributed by atoms with Crippen molar-refractivity contribution in [3.63, 3.8) is 0 Å². The minimum absolute atomic E-state index is 0.103. The van der Waals surface area contributed by atoms with E-state index in [1.165, 1.54) is 12.1 Å². The van der Waals surface area contributed by atoms with Crippen LogP contribution in [0.25, 0.3) is 0 Å². The van der Waals surface area contributed by atoms with Crippen LogP contribution in [0.15, 0.2) is 24.3 Å². The average Bonchev–Trinajstić information content (AvgIpc) is 2.64. The van der Waals surface area contributed by atoms with E-state index in [-0.39, 0.29) is 22.7 Å². The first-order valence-electron chi connectivity index (χ1n) is 7.06. The van der Waals surface area contributed by atoms with Crippen LogP contribution in [0.3, 0.4) is 0 Å². The molecule has 0 radical (unpaired) electrons. The summed E-state index contributed by atoms with van der Waals surface area (Å²) in [5.74, 6) is -0.548. The van der Waals surface area contributed by atoms with Crippen LogP contribution in [-0.4, -0.2) is 23.9 Å². The van der Waals surface area contributed by atoms with Gasteiger partial charge >= 0.3 is 6.61 Å². The number of benzene rings is 1. The predicted molar refractivity (Wildman–Crippen MR) is 77.1 cm³/mol. The lowest BCUT2D eigenvalue weighted by Crippen LogP contribution is -2.40. The Balaban J connectivity index is 2.09. The lowest BCUT2D eigenvalue weighted by molar-refractivity contribution is -0.0501. The second-order valence-corrected chi connectivity index (χ2v) is 5.67. The number of alkyl halides is 3. The molecule has 1 aromatic rings. The first kappa shape index (κ1) is 16.0. The van der Waals surface area contributed by atoms with Gasteiger partial charge in [0.05, 0.1) is 10.9 Å². The molecule has 1 N–H and O–H groups in total. The van der Waals surface area contributed by atoms with Gasteiger partial charge in [-0.2, -0.15) is 8.78 Å². The summed E-state index contributed by atoms with van der Waals surface area (Å²) in [5.41, 5.74) is 0.103. The van der Waals surface area contributed by atoms with Crippen molar-refractivity contribution < 1.29 is 18.3 Å². The van der Waals surface area contributed by atoms with Crippen molar-refractivity contribution in [1.82, 2.24) is 5.32 Å². The zero-order valence-corrected chi connectivity index (χ0v) is 12.3. The van der Waals surface area contributed by atoms with Gasteiger partial charge in [-0.05, 0) is 25.0 Å². The number of carbonyl (C=O) groups excluding carboxylic acids is 1. The molecule has 0 saturated heterocycles. The summed E-state index contributed by atoms with van der Waals surface area (Å²) in [7, 11) is 0. The van der Waals surface area contributed by atoms with E-state index in [9.17, 15) is 13.6 Å². The highest BCUT2D eigenvalue weighted by Crippen LogP contribution is 2.24. The van der Waals surface area contributed by atoms with Gasteiger partial charge in [-0.15, -0.1) is 11.6 Å². The van der Waals surface area contributed by atoms with Crippen molar-refractivity contribution in [3.05, 3.63) is 29.8 Å². The average molecular weight is 318 g/mol. The van der Waals surface area contributed by atoms with E-state index in [4.69, 9.17) is 11.6 Å². The molecule has 2 rings (SSSR count). The van der Waals surface area contributed by atoms with Gasteiger partial charge < -0.3 is 10.1 Å². The van der Waals surface area contributed by atoms with Gasteiger partial charge in [-0.3, -0.25) is 4.79 Å². The van der Waals surface area contributed by atoms with E-state index < -0.39 is 12.5 Å². The smallest absolute Gasteiger partial charge is 0.387 e. The van der Waals surface area contributed by atoms with Crippen LogP contribution in [0.4, 0.5) is 8.78 Å². The molecule has 0 spiro atoms. The molecule has 0 aliphatic heterocycles. The molecule has 2 unspecified atom stereocenters. The van der Waals surface area contributed by atoms with E-state index in [0.717, 1.165) is 32.1 Å². The molecule has 1 aromatic carbocycles. The van der Waals surface area contributed by atoms with Gasteiger partial charge in [0.15, 0.2) is 0 Å². The van der Waals surface area contributed by atoms with E-state index in [2.05, 4.69) is 10.1 Å². The highest BCUT2D eigenvalue weighted by molar-refractivity contribution is 6.21. The first-order chi connectivity index (χ1) is 10.1. The fourth-order valence-electron chi connectivity index (χ4n) is 2.52. The number of hydrogen-bond acceptors (Lipinski definition) is 2. The standard InChI is InChI=1S/C15H18ClF2NO2/c16-11-7-2-1-3-8-12(11)19-14(20)10-6-4-5-9-13(10)21-15(17)18/h4-6,9,11-12,15H,1-3,7-8H2,(H,19,20). The van der Waals surface area contributed by atoms with Gasteiger partial charge in [0.25, 0.3) is 5.91 Å². The second kappa shape index (κ2) is 7.59. The quantitative estimate of drug-likeness (QED) is 0.674. The third-order valence-electron chi connectivity index (χ3n) is 3.60. The highest BCUT2D eigenvalue weighted by Gasteiger charge is 2.25. The highest BCUT2D eigenvalue weighted by atomic mass is 35.5. The monoisotopic (exact) mass is 317 g/mol. The summed E-state index contributed by atoms with van der Waals surface area (Å²) in [4.78, 5) is 12.3. The molecular formula is C15H18ClF2NO2. The van der Waals surface area contributed by atoms with Crippen LogP contribution in [0.1, 0.15) is 42.5 Å². The Morgan fingerprint density at radius 1 is 1.24 bits per heavy atom. The topological polar surface area (TPSA) is 38.3 Å². The van der Waals surface area contributed by atoms with Gasteiger partial charge in [0.1, 0.15) is 5.75 Å². The molecular weight excluding hydrogens is 300 g/mol. The van der Waals surface area contributed by atoms with Crippen molar-refractivity contribution in [2.75, 3.05) is 0 Å². The number of nitrogens with one attached hydrogen (secondary N) is 1. The molecule has 116 valence electrons. The minimum Gasteiger partial charge on any atom is -0.434 e. The first-order valence-corrected chi connectivity index (χ1v) is 7.50. The van der Waals surface area contributed by atoms with Crippen molar-refractivity contribution in [2.24, 2.45) is 0 Å². The summed E-state index contributed by atoms with van der Waals surface area (Å²) in [5, 5.41) is 2.72. The van der Waals surface area contributed by atoms with Crippen LogP contribution in [-0.2, 0) is 0 Å². The predicted octanol–water partition coefficient (Wildman–Crippen LogP) is 3.96. The molecule has 6 heteroatoms. The van der Waals surface area contributed by atoms with E-state index >= 15 is 0 Å². The number of amides is 1. The van der Waals surface area contributed by atoms with Gasteiger partial charge in [0.2, 0.25) is 0 Å². The minimum atomic E-state index is -2.96. The summed E-state index contributed by atoms with van der Waals surface area (Å²) >= 11 is 6.28. The molecule has 1 aliphatic rings. The van der Waals surface area contributed by atoms with Crippen molar-refractivity contribution >= 4 is 17.5 Å². The lowest BCUT2D eigenvalue weighted by atomic mass is 10.1. The number of hydrogen-bond donors (Lipinski definition) is 1. The Kier molecular flexibility index (Phi) is 5.79. The second-order valence-electron chi connectivity index (χ2n) is 5.11. The van der Waals surface area contributed by atoms with Gasteiger partial charge in [-0.1, -0.05) is 31.4 Å². The van der Waals surface area contributed by atoms with Crippen LogP contribution in [0, 0.1) is 0 Å². The van der Waals surface area contributed by atoms with Gasteiger partial charge in [0, 0.05) is 6.04 Å². The molecule has 2 atom stereocenters. The molecule has 1 aliphatic carbocycles. The Hall–Kier alpha value is -1.36. The molecule has 0 heterocycles. The summed E-state index contributed by atoms with van der Waals surface area (Å²) in [6.07, 6.45) is 4.80. The summed E-state index contributed by atoms with van der Waals surface area (Å²) < 4.78 is 29.1. The Morgan fingerprint density at radius 2 is 1.95 bits per heavy atom. The molecule has 0 bridgehead atoms. The van der Waals surface area contributed by atoms with Crippen molar-refractivity contribution in [3.8, 4) is 5.75 Å². The molecule has 0 aromatic heterocycles. The van der Waals surface area contributed by atoms with E-state index in [0.29, 0.717) is 0 Å². The molecule has 1 amide bonds. The van der Waals surface area contributed by atoms with Crippen LogP contribution in [0.5, 0.6) is 5.75 Å². The number of ether oxygens (including phenoxy) is 1. The van der Waals surface area contributed by atoms with Crippen molar-refractivity contribution in [1.29, 1.82) is 0 Å². The lowest BCUT2D eigenvalue weighted by Gasteiger charge is -2.21. The molecule has 21 heavy (non-hydrogen) atoms. The largest absolute Gasteiger partial charge is 0.434 e. The molecule has 1 fully saturated rings. The normalized spacial score (nSPS) is 22.7. The Bertz CT molecular complexity index is 484. The van der Waals surface area contributed by atoms with Gasteiger partial charge in [-0.25, -0.2) is 0 Å². The number of halogens is 3. The van der Waals surface area contributed by atoms with Crippen LogP contribution < -0.4 is 10.1 Å². The number of para-hydroxylation sites is 1. The fourth-order valence-corrected chi connectivity index (χ4v) is 2.87. The van der Waals surface area contributed by atoms with E-state index in [1.807, 2.05) is 0 Å². The van der Waals surface area contributed by atoms with E-state index in [1.54, 1.807) is 12.1 Å². The molecule has 1 saturated carbocycles. The third kappa shape index (κ3) is 4.56. The maximum absolute atomic E-state index is 12.4. The van der Waals surface area contributed by atoms with Crippen molar-refractivity contribution in [2.45, 2.75) is 50.1 Å². The maximum atomic E-state index is 12.4. The summed E-state index contributed by atoms with van der Waals surface area (Å²) in [6, 6.07) is 5.84. The maximum Gasteiger partial charge on any atom is 0.387 e. The van der Waals surface area contributed by atoms with Crippen LogP contribution >= 0.6 is 11.6 Å². The summed E-state index contributed by atoms with van der Waals surface area (Å²) in [6.45, 7) is -2.96. The molecule has 3 nitrogen and oxygen atoms in total. The number of rotatable bonds is 4. The Morgan fingerprint density at radius 3 is 2.71 bits per heavy atom.